The lowest BCUT2D eigenvalue weighted by Gasteiger charge is -2.07. The van der Waals surface area contributed by atoms with Crippen molar-refractivity contribution >= 4 is 5.97 Å². The van der Waals surface area contributed by atoms with Crippen LogP contribution in [0.1, 0.15) is 16.9 Å². The second kappa shape index (κ2) is 5.70. The van der Waals surface area contributed by atoms with Crippen molar-refractivity contribution in [2.24, 2.45) is 5.92 Å². The third-order valence-corrected chi connectivity index (χ3v) is 2.79. The zero-order valence-corrected chi connectivity index (χ0v) is 10.4. The lowest BCUT2D eigenvalue weighted by Crippen LogP contribution is -2.19. The minimum atomic E-state index is -4.53. The molecular formula is C11H13F3N2O4. The number of halogens is 3. The monoisotopic (exact) mass is 294 g/mol. The first kappa shape index (κ1) is 14.6. The number of carboxylic acids is 1. The van der Waals surface area contributed by atoms with Crippen LogP contribution < -0.4 is 4.74 Å². The number of aromatic carboxylic acids is 1. The summed E-state index contributed by atoms with van der Waals surface area (Å²) in [6.45, 7) is -0.0165. The molecule has 0 saturated carbocycles. The van der Waals surface area contributed by atoms with Gasteiger partial charge in [0.05, 0.1) is 12.8 Å². The summed E-state index contributed by atoms with van der Waals surface area (Å²) in [7, 11) is 0. The van der Waals surface area contributed by atoms with Crippen molar-refractivity contribution in [3.05, 3.63) is 11.9 Å². The van der Waals surface area contributed by atoms with Crippen LogP contribution in [0, 0.1) is 5.92 Å². The van der Waals surface area contributed by atoms with Gasteiger partial charge in [-0.05, 0) is 6.42 Å². The van der Waals surface area contributed by atoms with Crippen molar-refractivity contribution in [2.75, 3.05) is 19.8 Å². The maximum absolute atomic E-state index is 12.1. The summed E-state index contributed by atoms with van der Waals surface area (Å²) in [5.74, 6) is -1.63. The van der Waals surface area contributed by atoms with E-state index in [9.17, 15) is 18.0 Å². The summed E-state index contributed by atoms with van der Waals surface area (Å²) in [4.78, 5) is 10.9. The van der Waals surface area contributed by atoms with Crippen molar-refractivity contribution < 1.29 is 32.5 Å². The molecule has 0 aromatic carbocycles. The van der Waals surface area contributed by atoms with E-state index in [1.807, 2.05) is 0 Å². The molecule has 1 aromatic heterocycles. The molecule has 0 amide bonds. The molecule has 1 aliphatic rings. The molecule has 9 heteroatoms. The van der Waals surface area contributed by atoms with Crippen LogP contribution in [0.2, 0.25) is 0 Å². The first-order chi connectivity index (χ1) is 9.35. The second-order valence-electron chi connectivity index (χ2n) is 4.50. The average Bonchev–Trinajstić information content (AvgIpc) is 2.95. The van der Waals surface area contributed by atoms with Crippen molar-refractivity contribution in [2.45, 2.75) is 19.1 Å². The van der Waals surface area contributed by atoms with Gasteiger partial charge >= 0.3 is 12.1 Å². The van der Waals surface area contributed by atoms with Crippen LogP contribution in [0.15, 0.2) is 6.20 Å². The Balaban J connectivity index is 2.08. The largest absolute Gasteiger partial charge is 0.480 e. The van der Waals surface area contributed by atoms with Crippen LogP contribution in [0.25, 0.3) is 0 Å². The molecule has 0 aliphatic carbocycles. The number of carbonyl (C=O) groups is 1. The highest BCUT2D eigenvalue weighted by Gasteiger charge is 2.30. The quantitative estimate of drug-likeness (QED) is 0.892. The van der Waals surface area contributed by atoms with Gasteiger partial charge in [0.2, 0.25) is 5.69 Å². The summed E-state index contributed by atoms with van der Waals surface area (Å²) in [5.41, 5.74) is -0.520. The standard InChI is InChI=1S/C11H13F3N2O4/c12-11(13,14)6-20-8-4-16(15-9(8)10(17)18)3-7-1-2-19-5-7/h4,7H,1-3,5-6H2,(H,17,18). The topological polar surface area (TPSA) is 73.6 Å². The molecule has 0 radical (unpaired) electrons. The van der Waals surface area contributed by atoms with E-state index in [1.165, 1.54) is 10.9 Å². The fourth-order valence-corrected chi connectivity index (χ4v) is 1.90. The molecular weight excluding hydrogens is 281 g/mol. The normalized spacial score (nSPS) is 19.2. The number of aromatic nitrogens is 2. The zero-order chi connectivity index (χ0) is 14.8. The van der Waals surface area contributed by atoms with Gasteiger partial charge in [-0.3, -0.25) is 4.68 Å². The lowest BCUT2D eigenvalue weighted by atomic mass is 10.1. The van der Waals surface area contributed by atoms with Gasteiger partial charge in [0, 0.05) is 19.1 Å². The summed E-state index contributed by atoms with van der Waals surface area (Å²) < 4.78 is 47.2. The summed E-state index contributed by atoms with van der Waals surface area (Å²) >= 11 is 0. The summed E-state index contributed by atoms with van der Waals surface area (Å²) in [6, 6.07) is 0. The lowest BCUT2D eigenvalue weighted by molar-refractivity contribution is -0.153. The van der Waals surface area contributed by atoms with Crippen molar-refractivity contribution in [3.8, 4) is 5.75 Å². The van der Waals surface area contributed by atoms with E-state index < -0.39 is 24.4 Å². The van der Waals surface area contributed by atoms with E-state index in [4.69, 9.17) is 9.84 Å². The van der Waals surface area contributed by atoms with Gasteiger partial charge in [-0.15, -0.1) is 0 Å². The molecule has 1 atom stereocenters. The maximum Gasteiger partial charge on any atom is 0.422 e. The molecule has 20 heavy (non-hydrogen) atoms. The Hall–Kier alpha value is -1.77. The Morgan fingerprint density at radius 3 is 2.90 bits per heavy atom. The van der Waals surface area contributed by atoms with E-state index in [0.717, 1.165) is 6.42 Å². The Bertz CT molecular complexity index is 481. The molecule has 1 aromatic rings. The minimum absolute atomic E-state index is 0.173. The first-order valence-corrected chi connectivity index (χ1v) is 5.93. The minimum Gasteiger partial charge on any atom is -0.480 e. The fraction of sp³-hybridized carbons (Fsp3) is 0.636. The molecule has 1 aliphatic heterocycles. The number of rotatable bonds is 5. The number of hydrogen-bond donors (Lipinski definition) is 1. The van der Waals surface area contributed by atoms with Crippen molar-refractivity contribution in [1.82, 2.24) is 9.78 Å². The van der Waals surface area contributed by atoms with Gasteiger partial charge in [-0.2, -0.15) is 18.3 Å². The Morgan fingerprint density at radius 2 is 2.35 bits per heavy atom. The van der Waals surface area contributed by atoms with Gasteiger partial charge in [-0.25, -0.2) is 4.79 Å². The third kappa shape index (κ3) is 3.86. The number of nitrogens with zero attached hydrogens (tertiary/aromatic N) is 2. The predicted octanol–water partition coefficient (Wildman–Crippen LogP) is 1.56. The van der Waals surface area contributed by atoms with Crippen LogP contribution in [0.3, 0.4) is 0 Å². The molecule has 2 heterocycles. The molecule has 0 bridgehead atoms. The molecule has 0 spiro atoms. The summed E-state index contributed by atoms with van der Waals surface area (Å²) in [6.07, 6.45) is -2.55. The zero-order valence-electron chi connectivity index (χ0n) is 10.4. The molecule has 6 nitrogen and oxygen atoms in total. The highest BCUT2D eigenvalue weighted by atomic mass is 19.4. The third-order valence-electron chi connectivity index (χ3n) is 2.79. The van der Waals surface area contributed by atoms with Gasteiger partial charge < -0.3 is 14.6 Å². The van der Waals surface area contributed by atoms with E-state index in [1.54, 1.807) is 0 Å². The number of ether oxygens (including phenoxy) is 2. The van der Waals surface area contributed by atoms with E-state index in [2.05, 4.69) is 9.84 Å². The second-order valence-corrected chi connectivity index (χ2v) is 4.50. The van der Waals surface area contributed by atoms with E-state index in [0.29, 0.717) is 19.8 Å². The highest BCUT2D eigenvalue weighted by Crippen LogP contribution is 2.23. The predicted molar refractivity (Wildman–Crippen MR) is 59.7 cm³/mol. The number of hydrogen-bond acceptors (Lipinski definition) is 4. The van der Waals surface area contributed by atoms with Crippen LogP contribution >= 0.6 is 0 Å². The summed E-state index contributed by atoms with van der Waals surface area (Å²) in [5, 5.41) is 12.7. The molecule has 1 unspecified atom stereocenters. The molecule has 112 valence electrons. The number of alkyl halides is 3. The average molecular weight is 294 g/mol. The van der Waals surface area contributed by atoms with Crippen LogP contribution in [0.5, 0.6) is 5.75 Å². The maximum atomic E-state index is 12.1. The molecule has 1 fully saturated rings. The molecule has 2 rings (SSSR count). The van der Waals surface area contributed by atoms with E-state index in [-0.39, 0.29) is 11.7 Å². The fourth-order valence-electron chi connectivity index (χ4n) is 1.90. The van der Waals surface area contributed by atoms with Crippen LogP contribution in [-0.4, -0.2) is 46.9 Å². The van der Waals surface area contributed by atoms with E-state index >= 15 is 0 Å². The van der Waals surface area contributed by atoms with Gasteiger partial charge in [0.1, 0.15) is 0 Å². The smallest absolute Gasteiger partial charge is 0.422 e. The SMILES string of the molecule is O=C(O)c1nn(CC2CCOC2)cc1OCC(F)(F)F. The Kier molecular flexibility index (Phi) is 4.17. The van der Waals surface area contributed by atoms with Gasteiger partial charge in [0.25, 0.3) is 0 Å². The Labute approximate surface area is 112 Å². The number of carboxylic acid groups (broad SMARTS) is 1. The van der Waals surface area contributed by atoms with Gasteiger partial charge in [0.15, 0.2) is 12.4 Å². The van der Waals surface area contributed by atoms with Crippen LogP contribution in [0.4, 0.5) is 13.2 Å². The molecule has 1 N–H and O–H groups in total. The van der Waals surface area contributed by atoms with Gasteiger partial charge in [-0.1, -0.05) is 0 Å². The first-order valence-electron chi connectivity index (χ1n) is 5.93. The Morgan fingerprint density at radius 1 is 1.60 bits per heavy atom. The molecule has 1 saturated heterocycles. The van der Waals surface area contributed by atoms with Crippen LogP contribution in [-0.2, 0) is 11.3 Å². The van der Waals surface area contributed by atoms with Crippen molar-refractivity contribution in [3.63, 3.8) is 0 Å². The highest BCUT2D eigenvalue weighted by molar-refractivity contribution is 5.88. The van der Waals surface area contributed by atoms with Crippen molar-refractivity contribution in [1.29, 1.82) is 0 Å².